The summed E-state index contributed by atoms with van der Waals surface area (Å²) in [6, 6.07) is -1.50. The van der Waals surface area contributed by atoms with Crippen molar-refractivity contribution in [1.29, 1.82) is 0 Å². The number of aliphatic carboxylic acids is 1. The van der Waals surface area contributed by atoms with Gasteiger partial charge in [0.25, 0.3) is 0 Å². The lowest BCUT2D eigenvalue weighted by Crippen LogP contribution is -2.50. The number of nitrogens with zero attached hydrogens (tertiary/aromatic N) is 2. The standard InChI is InChI=1S/C13H24N4O4/c1-3-17-6-4-5-9(17)8-16(2)13(21)15-10(12(19)20)7-11(14)18/h9-10H,3-8H2,1-2H3,(H2,14,18)(H,15,21)(H,19,20). The molecule has 3 amide bonds. The Bertz CT molecular complexity index is 402. The summed E-state index contributed by atoms with van der Waals surface area (Å²) in [6.07, 6.45) is 1.71. The average molecular weight is 300 g/mol. The summed E-state index contributed by atoms with van der Waals surface area (Å²) >= 11 is 0. The second kappa shape index (κ2) is 7.82. The molecule has 0 bridgehead atoms. The van der Waals surface area contributed by atoms with E-state index in [0.717, 1.165) is 25.9 Å². The Morgan fingerprint density at radius 1 is 1.48 bits per heavy atom. The van der Waals surface area contributed by atoms with Gasteiger partial charge in [0.05, 0.1) is 6.42 Å². The number of urea groups is 1. The normalized spacial score (nSPS) is 20.0. The molecule has 1 heterocycles. The maximum Gasteiger partial charge on any atom is 0.326 e. The molecule has 2 atom stereocenters. The van der Waals surface area contributed by atoms with Gasteiger partial charge in [0.2, 0.25) is 5.91 Å². The number of nitrogens with two attached hydrogens (primary N) is 1. The van der Waals surface area contributed by atoms with Crippen LogP contribution in [-0.4, -0.2) is 71.6 Å². The quantitative estimate of drug-likeness (QED) is 0.583. The van der Waals surface area contributed by atoms with Gasteiger partial charge in [-0.15, -0.1) is 0 Å². The molecule has 0 spiro atoms. The van der Waals surface area contributed by atoms with Crippen LogP contribution >= 0.6 is 0 Å². The number of carbonyl (C=O) groups excluding carboxylic acids is 2. The zero-order chi connectivity index (χ0) is 16.0. The highest BCUT2D eigenvalue weighted by atomic mass is 16.4. The Morgan fingerprint density at radius 2 is 2.14 bits per heavy atom. The molecular formula is C13H24N4O4. The number of hydrogen-bond donors (Lipinski definition) is 3. The number of likely N-dealkylation sites (N-methyl/N-ethyl adjacent to an activating group) is 2. The van der Waals surface area contributed by atoms with Gasteiger partial charge < -0.3 is 21.1 Å². The van der Waals surface area contributed by atoms with Crippen molar-refractivity contribution in [3.05, 3.63) is 0 Å². The molecular weight excluding hydrogens is 276 g/mol. The lowest BCUT2D eigenvalue weighted by Gasteiger charge is -2.28. The van der Waals surface area contributed by atoms with Gasteiger partial charge in [-0.1, -0.05) is 6.92 Å². The van der Waals surface area contributed by atoms with E-state index >= 15 is 0 Å². The zero-order valence-electron chi connectivity index (χ0n) is 12.5. The lowest BCUT2D eigenvalue weighted by atomic mass is 10.2. The van der Waals surface area contributed by atoms with Gasteiger partial charge in [-0.2, -0.15) is 0 Å². The fourth-order valence-electron chi connectivity index (χ4n) is 2.58. The summed E-state index contributed by atoms with van der Waals surface area (Å²) < 4.78 is 0. The first-order chi connectivity index (χ1) is 9.85. The minimum Gasteiger partial charge on any atom is -0.480 e. The van der Waals surface area contributed by atoms with Crippen LogP contribution in [0.4, 0.5) is 4.79 Å². The Hall–Kier alpha value is -1.83. The molecule has 0 saturated carbocycles. The molecule has 1 aliphatic rings. The van der Waals surface area contributed by atoms with E-state index in [2.05, 4.69) is 17.1 Å². The Balaban J connectivity index is 2.52. The molecule has 0 radical (unpaired) electrons. The first-order valence-electron chi connectivity index (χ1n) is 7.12. The molecule has 8 nitrogen and oxygen atoms in total. The van der Waals surface area contributed by atoms with Crippen molar-refractivity contribution in [1.82, 2.24) is 15.1 Å². The number of carboxylic acid groups (broad SMARTS) is 1. The van der Waals surface area contributed by atoms with E-state index in [1.165, 1.54) is 4.90 Å². The molecule has 0 aromatic rings. The number of likely N-dealkylation sites (tertiary alicyclic amines) is 1. The van der Waals surface area contributed by atoms with E-state index in [4.69, 9.17) is 10.8 Å². The molecule has 1 aliphatic heterocycles. The van der Waals surface area contributed by atoms with Crippen LogP contribution in [0.25, 0.3) is 0 Å². The van der Waals surface area contributed by atoms with E-state index in [0.29, 0.717) is 12.6 Å². The smallest absolute Gasteiger partial charge is 0.326 e. The molecule has 2 unspecified atom stereocenters. The van der Waals surface area contributed by atoms with Gasteiger partial charge in [-0.25, -0.2) is 9.59 Å². The van der Waals surface area contributed by atoms with Crippen LogP contribution in [-0.2, 0) is 9.59 Å². The lowest BCUT2D eigenvalue weighted by molar-refractivity contribution is -0.140. The third kappa shape index (κ3) is 5.22. The van der Waals surface area contributed by atoms with Crippen LogP contribution < -0.4 is 11.1 Å². The SMILES string of the molecule is CCN1CCCC1CN(C)C(=O)NC(CC(N)=O)C(=O)O. The Kier molecular flexibility index (Phi) is 6.41. The molecule has 1 saturated heterocycles. The number of carbonyl (C=O) groups is 3. The predicted octanol–water partition coefficient (Wildman–Crippen LogP) is -0.559. The molecule has 21 heavy (non-hydrogen) atoms. The highest BCUT2D eigenvalue weighted by Crippen LogP contribution is 2.17. The number of nitrogens with one attached hydrogen (secondary N) is 1. The molecule has 8 heteroatoms. The van der Waals surface area contributed by atoms with E-state index in [1.54, 1.807) is 7.05 Å². The summed E-state index contributed by atoms with van der Waals surface area (Å²) in [5.74, 6) is -2.04. The average Bonchev–Trinajstić information content (AvgIpc) is 2.84. The highest BCUT2D eigenvalue weighted by Gasteiger charge is 2.28. The van der Waals surface area contributed by atoms with Crippen molar-refractivity contribution in [2.75, 3.05) is 26.7 Å². The summed E-state index contributed by atoms with van der Waals surface area (Å²) in [4.78, 5) is 37.6. The van der Waals surface area contributed by atoms with Gasteiger partial charge >= 0.3 is 12.0 Å². The van der Waals surface area contributed by atoms with Gasteiger partial charge in [0.1, 0.15) is 6.04 Å². The number of carboxylic acids is 1. The van der Waals surface area contributed by atoms with Gasteiger partial charge in [-0.3, -0.25) is 9.69 Å². The number of rotatable bonds is 7. The van der Waals surface area contributed by atoms with Crippen molar-refractivity contribution in [2.24, 2.45) is 5.73 Å². The van der Waals surface area contributed by atoms with Gasteiger partial charge in [-0.05, 0) is 25.9 Å². The summed E-state index contributed by atoms with van der Waals surface area (Å²) in [7, 11) is 1.62. The molecule has 1 rings (SSSR count). The largest absolute Gasteiger partial charge is 0.480 e. The molecule has 4 N–H and O–H groups in total. The maximum absolute atomic E-state index is 12.0. The number of hydrogen-bond acceptors (Lipinski definition) is 4. The minimum absolute atomic E-state index is 0.296. The molecule has 0 aromatic carbocycles. The van der Waals surface area contributed by atoms with Crippen molar-refractivity contribution in [2.45, 2.75) is 38.3 Å². The van der Waals surface area contributed by atoms with Crippen LogP contribution in [0.5, 0.6) is 0 Å². The fourth-order valence-corrected chi connectivity index (χ4v) is 2.58. The predicted molar refractivity (Wildman–Crippen MR) is 76.7 cm³/mol. The second-order valence-corrected chi connectivity index (χ2v) is 5.32. The van der Waals surface area contributed by atoms with E-state index < -0.39 is 30.4 Å². The van der Waals surface area contributed by atoms with Crippen molar-refractivity contribution in [3.8, 4) is 0 Å². The van der Waals surface area contributed by atoms with Crippen LogP contribution in [0.15, 0.2) is 0 Å². The molecule has 1 fully saturated rings. The van der Waals surface area contributed by atoms with Crippen molar-refractivity contribution < 1.29 is 19.5 Å². The third-order valence-corrected chi connectivity index (χ3v) is 3.74. The highest BCUT2D eigenvalue weighted by molar-refractivity contribution is 5.87. The molecule has 0 aliphatic carbocycles. The van der Waals surface area contributed by atoms with E-state index in [9.17, 15) is 14.4 Å². The van der Waals surface area contributed by atoms with Crippen LogP contribution in [0.2, 0.25) is 0 Å². The van der Waals surface area contributed by atoms with Gasteiger partial charge in [0.15, 0.2) is 0 Å². The Morgan fingerprint density at radius 3 is 2.67 bits per heavy atom. The first-order valence-corrected chi connectivity index (χ1v) is 7.12. The number of primary amides is 1. The van der Waals surface area contributed by atoms with Crippen LogP contribution in [0.3, 0.4) is 0 Å². The van der Waals surface area contributed by atoms with Crippen molar-refractivity contribution >= 4 is 17.9 Å². The zero-order valence-corrected chi connectivity index (χ0v) is 12.5. The summed E-state index contributed by atoms with van der Waals surface area (Å²) in [6.45, 7) is 4.56. The summed E-state index contributed by atoms with van der Waals surface area (Å²) in [5, 5.41) is 11.3. The topological polar surface area (TPSA) is 116 Å². The number of amides is 3. The van der Waals surface area contributed by atoms with Crippen molar-refractivity contribution in [3.63, 3.8) is 0 Å². The Labute approximate surface area is 124 Å². The maximum atomic E-state index is 12.0. The third-order valence-electron chi connectivity index (χ3n) is 3.74. The molecule has 0 aromatic heterocycles. The monoisotopic (exact) mass is 300 g/mol. The van der Waals surface area contributed by atoms with Crippen LogP contribution in [0, 0.1) is 0 Å². The van der Waals surface area contributed by atoms with Crippen LogP contribution in [0.1, 0.15) is 26.2 Å². The van der Waals surface area contributed by atoms with Gasteiger partial charge in [0, 0.05) is 19.6 Å². The fraction of sp³-hybridized carbons (Fsp3) is 0.769. The minimum atomic E-state index is -1.29. The summed E-state index contributed by atoms with van der Waals surface area (Å²) in [5.41, 5.74) is 4.98. The second-order valence-electron chi connectivity index (χ2n) is 5.32. The van der Waals surface area contributed by atoms with E-state index in [1.807, 2.05) is 0 Å². The molecule has 120 valence electrons. The first kappa shape index (κ1) is 17.2. The van der Waals surface area contributed by atoms with E-state index in [-0.39, 0.29) is 0 Å².